The van der Waals surface area contributed by atoms with Crippen molar-refractivity contribution >= 4 is 17.8 Å². The monoisotopic (exact) mass is 282 g/mol. The lowest BCUT2D eigenvalue weighted by molar-refractivity contribution is -0.149. The van der Waals surface area contributed by atoms with Crippen molar-refractivity contribution in [3.63, 3.8) is 0 Å². The van der Waals surface area contributed by atoms with Crippen molar-refractivity contribution in [2.75, 3.05) is 13.1 Å². The summed E-state index contributed by atoms with van der Waals surface area (Å²) in [7, 11) is 0. The van der Waals surface area contributed by atoms with Gasteiger partial charge < -0.3 is 19.7 Å². The molecule has 1 heterocycles. The molecule has 0 fully saturated rings. The van der Waals surface area contributed by atoms with Crippen LogP contribution in [0.25, 0.3) is 0 Å². The zero-order chi connectivity index (χ0) is 15.1. The summed E-state index contributed by atoms with van der Waals surface area (Å²) < 4.78 is 1.29. The molecule has 0 spiro atoms. The number of rotatable bonds is 7. The molecule has 0 unspecified atom stereocenters. The van der Waals surface area contributed by atoms with E-state index in [2.05, 4.69) is 0 Å². The molecule has 0 atom stereocenters. The highest BCUT2D eigenvalue weighted by molar-refractivity contribution is 5.85. The van der Waals surface area contributed by atoms with E-state index in [0.29, 0.717) is 0 Å². The summed E-state index contributed by atoms with van der Waals surface area (Å²) >= 11 is 0. The fourth-order valence-electron chi connectivity index (χ4n) is 1.58. The highest BCUT2D eigenvalue weighted by Crippen LogP contribution is 1.97. The number of hydrogen-bond acceptors (Lipinski definition) is 4. The van der Waals surface area contributed by atoms with Crippen LogP contribution < -0.4 is 5.56 Å². The summed E-state index contributed by atoms with van der Waals surface area (Å²) in [5.41, 5.74) is -0.289. The predicted molar refractivity (Wildman–Crippen MR) is 67.2 cm³/mol. The number of aromatic nitrogens is 1. The van der Waals surface area contributed by atoms with Crippen molar-refractivity contribution in [1.29, 1.82) is 0 Å². The van der Waals surface area contributed by atoms with E-state index < -0.39 is 30.9 Å². The van der Waals surface area contributed by atoms with Crippen LogP contribution in [0.15, 0.2) is 29.2 Å². The van der Waals surface area contributed by atoms with Gasteiger partial charge in [0.15, 0.2) is 0 Å². The molecule has 1 amide bonds. The standard InChI is InChI=1S/C12H14N2O6/c15-9-3-1-2-5-13(9)6-4-10(16)14(7-11(17)18)8-12(19)20/h1-3,5H,4,6-8H2,(H,17,18)(H,19,20). The van der Waals surface area contributed by atoms with Crippen molar-refractivity contribution in [3.8, 4) is 0 Å². The molecule has 1 aromatic rings. The van der Waals surface area contributed by atoms with Crippen molar-refractivity contribution in [2.24, 2.45) is 0 Å². The third-order valence-electron chi connectivity index (χ3n) is 2.47. The number of aryl methyl sites for hydroxylation is 1. The van der Waals surface area contributed by atoms with Gasteiger partial charge >= 0.3 is 11.9 Å². The average Bonchev–Trinajstić information content (AvgIpc) is 2.35. The van der Waals surface area contributed by atoms with Crippen molar-refractivity contribution in [1.82, 2.24) is 9.47 Å². The van der Waals surface area contributed by atoms with Gasteiger partial charge in [-0.25, -0.2) is 0 Å². The molecule has 1 aromatic heterocycles. The molecule has 8 nitrogen and oxygen atoms in total. The molecule has 0 aliphatic rings. The summed E-state index contributed by atoms with van der Waals surface area (Å²) in [4.78, 5) is 45.1. The Morgan fingerprint density at radius 3 is 2.20 bits per heavy atom. The molecule has 0 aliphatic heterocycles. The molecule has 8 heteroatoms. The average molecular weight is 282 g/mol. The van der Waals surface area contributed by atoms with E-state index in [1.807, 2.05) is 0 Å². The predicted octanol–water partition coefficient (Wildman–Crippen LogP) is -0.764. The lowest BCUT2D eigenvalue weighted by Crippen LogP contribution is -2.40. The zero-order valence-electron chi connectivity index (χ0n) is 10.6. The second-order valence-electron chi connectivity index (χ2n) is 4.02. The molecule has 108 valence electrons. The van der Waals surface area contributed by atoms with Crippen LogP contribution in [0.2, 0.25) is 0 Å². The molecule has 2 N–H and O–H groups in total. The fraction of sp³-hybridized carbons (Fsp3) is 0.333. The molecule has 0 aromatic carbocycles. The highest BCUT2D eigenvalue weighted by Gasteiger charge is 2.19. The lowest BCUT2D eigenvalue weighted by Gasteiger charge is -2.18. The number of carboxylic acids is 2. The van der Waals surface area contributed by atoms with Gasteiger partial charge in [-0.2, -0.15) is 0 Å². The Balaban J connectivity index is 2.66. The number of nitrogens with zero attached hydrogens (tertiary/aromatic N) is 2. The minimum absolute atomic E-state index is 0.0637. The first kappa shape index (κ1) is 15.4. The lowest BCUT2D eigenvalue weighted by atomic mass is 10.3. The van der Waals surface area contributed by atoms with Crippen LogP contribution in [0.1, 0.15) is 6.42 Å². The van der Waals surface area contributed by atoms with Gasteiger partial charge in [0.05, 0.1) is 0 Å². The Kier molecular flexibility index (Phi) is 5.45. The number of aliphatic carboxylic acids is 2. The Labute approximate surface area is 113 Å². The molecule has 0 saturated heterocycles. The van der Waals surface area contributed by atoms with E-state index in [9.17, 15) is 19.2 Å². The SMILES string of the molecule is O=C(O)CN(CC(=O)O)C(=O)CCn1ccccc1=O. The van der Waals surface area contributed by atoms with Crippen LogP contribution in [-0.2, 0) is 20.9 Å². The third kappa shape index (κ3) is 4.92. The molecular formula is C12H14N2O6. The second-order valence-corrected chi connectivity index (χ2v) is 4.02. The first-order chi connectivity index (χ1) is 9.40. The van der Waals surface area contributed by atoms with Gasteiger partial charge in [0, 0.05) is 25.2 Å². The Morgan fingerprint density at radius 2 is 1.70 bits per heavy atom. The van der Waals surface area contributed by atoms with Crippen LogP contribution in [0, 0.1) is 0 Å². The van der Waals surface area contributed by atoms with Crippen molar-refractivity contribution < 1.29 is 24.6 Å². The zero-order valence-corrected chi connectivity index (χ0v) is 10.6. The first-order valence-corrected chi connectivity index (χ1v) is 5.77. The normalized spacial score (nSPS) is 10.0. The molecule has 1 rings (SSSR count). The van der Waals surface area contributed by atoms with E-state index in [1.54, 1.807) is 12.1 Å². The maximum absolute atomic E-state index is 11.8. The molecule has 0 radical (unpaired) electrons. The number of carbonyl (C=O) groups is 3. The Bertz CT molecular complexity index is 549. The maximum Gasteiger partial charge on any atom is 0.323 e. The number of carbonyl (C=O) groups excluding carboxylic acids is 1. The third-order valence-corrected chi connectivity index (χ3v) is 2.47. The molecule has 20 heavy (non-hydrogen) atoms. The topological polar surface area (TPSA) is 117 Å². The van der Waals surface area contributed by atoms with Crippen LogP contribution in [0.5, 0.6) is 0 Å². The Hall–Kier alpha value is -2.64. The molecule has 0 saturated carbocycles. The Morgan fingerprint density at radius 1 is 1.10 bits per heavy atom. The van der Waals surface area contributed by atoms with Gasteiger partial charge in [-0.05, 0) is 6.07 Å². The van der Waals surface area contributed by atoms with E-state index >= 15 is 0 Å². The van der Waals surface area contributed by atoms with Gasteiger partial charge in [-0.15, -0.1) is 0 Å². The van der Waals surface area contributed by atoms with Gasteiger partial charge in [-0.1, -0.05) is 6.07 Å². The van der Waals surface area contributed by atoms with E-state index in [4.69, 9.17) is 10.2 Å². The number of hydrogen-bond donors (Lipinski definition) is 2. The van der Waals surface area contributed by atoms with Crippen LogP contribution in [-0.4, -0.2) is 50.6 Å². The van der Waals surface area contributed by atoms with Crippen molar-refractivity contribution in [3.05, 3.63) is 34.7 Å². The van der Waals surface area contributed by atoms with Gasteiger partial charge in [0.25, 0.3) is 5.56 Å². The fourth-order valence-corrected chi connectivity index (χ4v) is 1.58. The highest BCUT2D eigenvalue weighted by atomic mass is 16.4. The number of amides is 1. The van der Waals surface area contributed by atoms with E-state index in [-0.39, 0.29) is 18.5 Å². The van der Waals surface area contributed by atoms with Gasteiger partial charge in [-0.3, -0.25) is 19.2 Å². The van der Waals surface area contributed by atoms with Crippen LogP contribution in [0.4, 0.5) is 0 Å². The summed E-state index contributed by atoms with van der Waals surface area (Å²) in [6.45, 7) is -1.31. The maximum atomic E-state index is 11.8. The van der Waals surface area contributed by atoms with Crippen LogP contribution >= 0.6 is 0 Å². The van der Waals surface area contributed by atoms with Crippen molar-refractivity contribution in [2.45, 2.75) is 13.0 Å². The quantitative estimate of drug-likeness (QED) is 0.678. The summed E-state index contributed by atoms with van der Waals surface area (Å²) in [5.74, 6) is -3.22. The molecule has 0 aliphatic carbocycles. The molecular weight excluding hydrogens is 268 g/mol. The summed E-state index contributed by atoms with van der Waals surface area (Å²) in [5, 5.41) is 17.3. The number of pyridine rings is 1. The second kappa shape index (κ2) is 7.07. The van der Waals surface area contributed by atoms with Gasteiger partial charge in [0.1, 0.15) is 13.1 Å². The minimum Gasteiger partial charge on any atom is -0.480 e. The van der Waals surface area contributed by atoms with E-state index in [1.165, 1.54) is 16.8 Å². The smallest absolute Gasteiger partial charge is 0.323 e. The van der Waals surface area contributed by atoms with E-state index in [0.717, 1.165) is 4.90 Å². The first-order valence-electron chi connectivity index (χ1n) is 5.77. The minimum atomic E-state index is -1.29. The van der Waals surface area contributed by atoms with Crippen LogP contribution in [0.3, 0.4) is 0 Å². The summed E-state index contributed by atoms with van der Waals surface area (Å²) in [6, 6.07) is 4.51. The summed E-state index contributed by atoms with van der Waals surface area (Å²) in [6.07, 6.45) is 1.35. The molecule has 0 bridgehead atoms. The largest absolute Gasteiger partial charge is 0.480 e. The van der Waals surface area contributed by atoms with Gasteiger partial charge in [0.2, 0.25) is 5.91 Å². The number of carboxylic acid groups (broad SMARTS) is 2.